The summed E-state index contributed by atoms with van der Waals surface area (Å²) < 4.78 is 0. The molecule has 0 bridgehead atoms. The summed E-state index contributed by atoms with van der Waals surface area (Å²) in [4.78, 5) is 29.8. The van der Waals surface area contributed by atoms with E-state index < -0.39 is 11.9 Å². The van der Waals surface area contributed by atoms with Gasteiger partial charge in [0.2, 0.25) is 0 Å². The van der Waals surface area contributed by atoms with Crippen LogP contribution in [0, 0.1) is 17.8 Å². The molecule has 0 spiro atoms. The first-order valence-electron chi connectivity index (χ1n) is 7.26. The molecule has 2 N–H and O–H groups in total. The number of aromatic nitrogens is 1. The Kier molecular flexibility index (Phi) is 3.53. The monoisotopic (exact) mass is 289 g/mol. The van der Waals surface area contributed by atoms with Gasteiger partial charge in [0, 0.05) is 26.3 Å². The number of carbonyl (C=O) groups excluding carboxylic acids is 1. The van der Waals surface area contributed by atoms with Crippen molar-refractivity contribution in [2.75, 3.05) is 25.5 Å². The summed E-state index contributed by atoms with van der Waals surface area (Å²) in [6.45, 7) is 0.839. The quantitative estimate of drug-likeness (QED) is 0.873. The lowest BCUT2D eigenvalue weighted by molar-refractivity contribution is -0.142. The second-order valence-corrected chi connectivity index (χ2v) is 5.81. The molecular weight excluding hydrogens is 270 g/mol. The molecule has 112 valence electrons. The summed E-state index contributed by atoms with van der Waals surface area (Å²) in [6.07, 6.45) is 3.80. The van der Waals surface area contributed by atoms with Crippen LogP contribution < -0.4 is 5.32 Å². The molecule has 1 aromatic rings. The van der Waals surface area contributed by atoms with Gasteiger partial charge in [-0.05, 0) is 36.8 Å². The van der Waals surface area contributed by atoms with Gasteiger partial charge in [0.15, 0.2) is 0 Å². The maximum absolute atomic E-state index is 12.6. The molecule has 2 fully saturated rings. The maximum atomic E-state index is 12.6. The largest absolute Gasteiger partial charge is 0.481 e. The van der Waals surface area contributed by atoms with Gasteiger partial charge in [0.05, 0.1) is 11.5 Å². The van der Waals surface area contributed by atoms with E-state index in [1.807, 2.05) is 0 Å². The fraction of sp³-hybridized carbons (Fsp3) is 0.533. The third-order valence-corrected chi connectivity index (χ3v) is 4.47. The van der Waals surface area contributed by atoms with Gasteiger partial charge in [0.25, 0.3) is 5.91 Å². The topological polar surface area (TPSA) is 82.5 Å². The predicted molar refractivity (Wildman–Crippen MR) is 77.0 cm³/mol. The highest BCUT2D eigenvalue weighted by atomic mass is 16.4. The fourth-order valence-corrected chi connectivity index (χ4v) is 3.21. The SMILES string of the molecule is CNc1ncccc1C(=O)N1C[C@@H](C(=O)O)[C@H](C2CC2)C1. The van der Waals surface area contributed by atoms with Crippen molar-refractivity contribution in [3.8, 4) is 0 Å². The molecule has 0 aromatic carbocycles. The lowest BCUT2D eigenvalue weighted by Crippen LogP contribution is -2.30. The van der Waals surface area contributed by atoms with Crippen molar-refractivity contribution >= 4 is 17.7 Å². The summed E-state index contributed by atoms with van der Waals surface area (Å²) in [5, 5.41) is 12.3. The third-order valence-electron chi connectivity index (χ3n) is 4.47. The molecule has 2 heterocycles. The highest BCUT2D eigenvalue weighted by molar-refractivity contribution is 5.99. The van der Waals surface area contributed by atoms with E-state index in [9.17, 15) is 14.7 Å². The summed E-state index contributed by atoms with van der Waals surface area (Å²) in [5.74, 6) is -0.257. The van der Waals surface area contributed by atoms with E-state index in [0.29, 0.717) is 30.4 Å². The minimum absolute atomic E-state index is 0.0983. The van der Waals surface area contributed by atoms with Gasteiger partial charge < -0.3 is 15.3 Å². The van der Waals surface area contributed by atoms with E-state index in [1.165, 1.54) is 0 Å². The van der Waals surface area contributed by atoms with Gasteiger partial charge in [-0.2, -0.15) is 0 Å². The molecule has 0 unspecified atom stereocenters. The first-order chi connectivity index (χ1) is 10.1. The summed E-state index contributed by atoms with van der Waals surface area (Å²) in [7, 11) is 1.72. The number of aliphatic carboxylic acids is 1. The molecule has 1 aliphatic heterocycles. The Balaban J connectivity index is 1.81. The van der Waals surface area contributed by atoms with Gasteiger partial charge in [-0.15, -0.1) is 0 Å². The number of nitrogens with zero attached hydrogens (tertiary/aromatic N) is 2. The first-order valence-corrected chi connectivity index (χ1v) is 7.26. The Bertz CT molecular complexity index is 571. The summed E-state index contributed by atoms with van der Waals surface area (Å²) in [5.41, 5.74) is 0.501. The molecule has 6 heteroatoms. The van der Waals surface area contributed by atoms with Crippen LogP contribution in [0.4, 0.5) is 5.82 Å². The Hall–Kier alpha value is -2.11. The normalized spacial score (nSPS) is 24.9. The average molecular weight is 289 g/mol. The van der Waals surface area contributed by atoms with E-state index in [2.05, 4.69) is 10.3 Å². The van der Waals surface area contributed by atoms with Crippen LogP contribution in [0.3, 0.4) is 0 Å². The number of anilines is 1. The summed E-state index contributed by atoms with van der Waals surface area (Å²) in [6, 6.07) is 3.44. The van der Waals surface area contributed by atoms with Gasteiger partial charge >= 0.3 is 5.97 Å². The molecule has 6 nitrogen and oxygen atoms in total. The van der Waals surface area contributed by atoms with Gasteiger partial charge in [-0.25, -0.2) is 4.98 Å². The lowest BCUT2D eigenvalue weighted by atomic mass is 9.92. The van der Waals surface area contributed by atoms with E-state index in [1.54, 1.807) is 30.3 Å². The Labute approximate surface area is 123 Å². The fourth-order valence-electron chi connectivity index (χ4n) is 3.21. The summed E-state index contributed by atoms with van der Waals surface area (Å²) >= 11 is 0. The molecular formula is C15H19N3O3. The molecule has 1 amide bonds. The molecule has 1 saturated heterocycles. The number of carboxylic acid groups (broad SMARTS) is 1. The van der Waals surface area contributed by atoms with Crippen LogP contribution in [0.1, 0.15) is 23.2 Å². The van der Waals surface area contributed by atoms with Crippen molar-refractivity contribution in [1.29, 1.82) is 0 Å². The first kappa shape index (κ1) is 13.9. The zero-order valence-corrected chi connectivity index (χ0v) is 12.0. The second kappa shape index (κ2) is 5.35. The second-order valence-electron chi connectivity index (χ2n) is 5.81. The van der Waals surface area contributed by atoms with Crippen molar-refractivity contribution in [3.63, 3.8) is 0 Å². The van der Waals surface area contributed by atoms with Crippen LogP contribution in [0.25, 0.3) is 0 Å². The maximum Gasteiger partial charge on any atom is 0.308 e. The molecule has 2 atom stereocenters. The lowest BCUT2D eigenvalue weighted by Gasteiger charge is -2.17. The number of rotatable bonds is 4. The molecule has 2 aliphatic rings. The molecule has 3 rings (SSSR count). The van der Waals surface area contributed by atoms with Crippen molar-refractivity contribution < 1.29 is 14.7 Å². The standard InChI is InChI=1S/C15H19N3O3/c1-16-13-10(3-2-6-17-13)14(19)18-7-11(9-4-5-9)12(8-18)15(20)21/h2-3,6,9,11-12H,4-5,7-8H2,1H3,(H,16,17)(H,20,21)/t11-,12+/m0/s1. The van der Waals surface area contributed by atoms with Crippen LogP contribution in [-0.2, 0) is 4.79 Å². The van der Waals surface area contributed by atoms with Crippen molar-refractivity contribution in [2.45, 2.75) is 12.8 Å². The third kappa shape index (κ3) is 2.57. The van der Waals surface area contributed by atoms with Gasteiger partial charge in [-0.1, -0.05) is 0 Å². The van der Waals surface area contributed by atoms with Crippen molar-refractivity contribution in [2.24, 2.45) is 17.8 Å². The minimum atomic E-state index is -0.790. The number of nitrogens with one attached hydrogen (secondary N) is 1. The number of amides is 1. The molecule has 1 aromatic heterocycles. The predicted octanol–water partition coefficient (Wildman–Crippen LogP) is 1.31. The smallest absolute Gasteiger partial charge is 0.308 e. The minimum Gasteiger partial charge on any atom is -0.481 e. The number of pyridine rings is 1. The van der Waals surface area contributed by atoms with Crippen LogP contribution in [0.5, 0.6) is 0 Å². The Morgan fingerprint density at radius 2 is 2.14 bits per heavy atom. The van der Waals surface area contributed by atoms with Crippen molar-refractivity contribution in [1.82, 2.24) is 9.88 Å². The van der Waals surface area contributed by atoms with Crippen LogP contribution >= 0.6 is 0 Å². The highest BCUT2D eigenvalue weighted by Crippen LogP contribution is 2.44. The Morgan fingerprint density at radius 1 is 1.38 bits per heavy atom. The van der Waals surface area contributed by atoms with Gasteiger partial charge in [-0.3, -0.25) is 9.59 Å². The van der Waals surface area contributed by atoms with E-state index in [4.69, 9.17) is 0 Å². The molecule has 1 saturated carbocycles. The van der Waals surface area contributed by atoms with Crippen LogP contribution in [0.2, 0.25) is 0 Å². The van der Waals surface area contributed by atoms with Crippen molar-refractivity contribution in [3.05, 3.63) is 23.9 Å². The Morgan fingerprint density at radius 3 is 2.76 bits per heavy atom. The van der Waals surface area contributed by atoms with E-state index in [-0.39, 0.29) is 11.8 Å². The molecule has 0 radical (unpaired) electrons. The highest BCUT2D eigenvalue weighted by Gasteiger charge is 2.47. The van der Waals surface area contributed by atoms with Gasteiger partial charge in [0.1, 0.15) is 5.82 Å². The number of hydrogen-bond donors (Lipinski definition) is 2. The van der Waals surface area contributed by atoms with E-state index >= 15 is 0 Å². The zero-order valence-electron chi connectivity index (χ0n) is 12.0. The average Bonchev–Trinajstić information content (AvgIpc) is 3.24. The molecule has 1 aliphatic carbocycles. The molecule has 21 heavy (non-hydrogen) atoms. The number of hydrogen-bond acceptors (Lipinski definition) is 4. The number of likely N-dealkylation sites (tertiary alicyclic amines) is 1. The number of carbonyl (C=O) groups is 2. The van der Waals surface area contributed by atoms with Crippen LogP contribution in [0.15, 0.2) is 18.3 Å². The zero-order chi connectivity index (χ0) is 15.0. The van der Waals surface area contributed by atoms with E-state index in [0.717, 1.165) is 12.8 Å². The number of carboxylic acids is 1. The van der Waals surface area contributed by atoms with Crippen LogP contribution in [-0.4, -0.2) is 47.0 Å².